The van der Waals surface area contributed by atoms with E-state index in [0.29, 0.717) is 12.1 Å². The molecule has 0 spiro atoms. The summed E-state index contributed by atoms with van der Waals surface area (Å²) < 4.78 is 5.22. The Morgan fingerprint density at radius 3 is 2.47 bits per heavy atom. The molecule has 1 aliphatic rings. The van der Waals surface area contributed by atoms with Gasteiger partial charge in [-0.15, -0.1) is 0 Å². The molecule has 1 fully saturated rings. The SMILES string of the molecule is CNC(CN1CC(C)CC1C)c1ccc(OC)cc1. The van der Waals surface area contributed by atoms with E-state index in [9.17, 15) is 0 Å². The smallest absolute Gasteiger partial charge is 0.118 e. The summed E-state index contributed by atoms with van der Waals surface area (Å²) in [5.41, 5.74) is 1.33. The maximum absolute atomic E-state index is 5.22. The maximum Gasteiger partial charge on any atom is 0.118 e. The quantitative estimate of drug-likeness (QED) is 0.883. The number of benzene rings is 1. The van der Waals surface area contributed by atoms with E-state index < -0.39 is 0 Å². The topological polar surface area (TPSA) is 24.5 Å². The van der Waals surface area contributed by atoms with Crippen LogP contribution in [0.3, 0.4) is 0 Å². The molecule has 0 bridgehead atoms. The molecule has 1 aromatic carbocycles. The molecular formula is C16H26N2O. The van der Waals surface area contributed by atoms with E-state index in [-0.39, 0.29) is 0 Å². The lowest BCUT2D eigenvalue weighted by Crippen LogP contribution is -2.36. The third-order valence-electron chi connectivity index (χ3n) is 4.20. The van der Waals surface area contributed by atoms with Gasteiger partial charge in [0, 0.05) is 25.2 Å². The second kappa shape index (κ2) is 6.40. The van der Waals surface area contributed by atoms with Crippen molar-refractivity contribution in [2.75, 3.05) is 27.2 Å². The molecule has 106 valence electrons. The van der Waals surface area contributed by atoms with Gasteiger partial charge in [-0.1, -0.05) is 19.1 Å². The van der Waals surface area contributed by atoms with Crippen LogP contribution in [-0.4, -0.2) is 38.2 Å². The number of hydrogen-bond donors (Lipinski definition) is 1. The van der Waals surface area contributed by atoms with Gasteiger partial charge in [-0.05, 0) is 44.0 Å². The Morgan fingerprint density at radius 2 is 2.00 bits per heavy atom. The molecule has 3 heteroatoms. The van der Waals surface area contributed by atoms with Crippen LogP contribution in [0.4, 0.5) is 0 Å². The summed E-state index contributed by atoms with van der Waals surface area (Å²) in [5, 5.41) is 3.44. The minimum atomic E-state index is 0.388. The first-order valence-corrected chi connectivity index (χ1v) is 7.19. The van der Waals surface area contributed by atoms with E-state index in [4.69, 9.17) is 4.74 Å². The first kappa shape index (κ1) is 14.4. The molecule has 2 rings (SSSR count). The zero-order chi connectivity index (χ0) is 13.8. The molecular weight excluding hydrogens is 236 g/mol. The predicted molar refractivity (Wildman–Crippen MR) is 79.6 cm³/mol. The normalized spacial score (nSPS) is 25.5. The standard InChI is InChI=1S/C16H26N2O/c1-12-9-13(2)18(10-12)11-16(17-3)14-5-7-15(19-4)8-6-14/h5-8,12-13,16-17H,9-11H2,1-4H3. The van der Waals surface area contributed by atoms with Crippen LogP contribution in [0.2, 0.25) is 0 Å². The van der Waals surface area contributed by atoms with Gasteiger partial charge in [0.2, 0.25) is 0 Å². The van der Waals surface area contributed by atoms with Gasteiger partial charge in [0.1, 0.15) is 5.75 Å². The fourth-order valence-corrected chi connectivity index (χ4v) is 3.07. The van der Waals surface area contributed by atoms with Crippen LogP contribution in [0.1, 0.15) is 31.9 Å². The number of nitrogens with one attached hydrogen (secondary N) is 1. The molecule has 0 aromatic heterocycles. The summed E-state index contributed by atoms with van der Waals surface area (Å²) in [4.78, 5) is 2.59. The Hall–Kier alpha value is -1.06. The molecule has 0 saturated carbocycles. The average Bonchev–Trinajstić information content (AvgIpc) is 2.74. The molecule has 0 aliphatic carbocycles. The minimum Gasteiger partial charge on any atom is -0.497 e. The van der Waals surface area contributed by atoms with E-state index >= 15 is 0 Å². The maximum atomic E-state index is 5.22. The summed E-state index contributed by atoms with van der Waals surface area (Å²) in [6.45, 7) is 6.98. The highest BCUT2D eigenvalue weighted by Crippen LogP contribution is 2.26. The van der Waals surface area contributed by atoms with Crippen LogP contribution < -0.4 is 10.1 Å². The zero-order valence-electron chi connectivity index (χ0n) is 12.5. The second-order valence-corrected chi connectivity index (χ2v) is 5.76. The number of ether oxygens (including phenoxy) is 1. The first-order chi connectivity index (χ1) is 9.13. The molecule has 0 amide bonds. The number of hydrogen-bond acceptors (Lipinski definition) is 3. The van der Waals surface area contributed by atoms with E-state index in [1.54, 1.807) is 7.11 Å². The van der Waals surface area contributed by atoms with Gasteiger partial charge >= 0.3 is 0 Å². The lowest BCUT2D eigenvalue weighted by molar-refractivity contribution is 0.238. The monoisotopic (exact) mass is 262 g/mol. The van der Waals surface area contributed by atoms with Crippen LogP contribution in [0, 0.1) is 5.92 Å². The third kappa shape index (κ3) is 3.48. The van der Waals surface area contributed by atoms with Crippen LogP contribution in [-0.2, 0) is 0 Å². The van der Waals surface area contributed by atoms with Gasteiger partial charge in [0.05, 0.1) is 7.11 Å². The van der Waals surface area contributed by atoms with Gasteiger partial charge < -0.3 is 10.1 Å². The van der Waals surface area contributed by atoms with Crippen molar-refractivity contribution in [1.29, 1.82) is 0 Å². The Kier molecular flexibility index (Phi) is 4.83. The van der Waals surface area contributed by atoms with Crippen molar-refractivity contribution in [3.8, 4) is 5.75 Å². The van der Waals surface area contributed by atoms with E-state index in [0.717, 1.165) is 18.2 Å². The van der Waals surface area contributed by atoms with E-state index in [2.05, 4.69) is 36.2 Å². The highest BCUT2D eigenvalue weighted by Gasteiger charge is 2.27. The van der Waals surface area contributed by atoms with Gasteiger partial charge in [-0.25, -0.2) is 0 Å². The van der Waals surface area contributed by atoms with Crippen molar-refractivity contribution in [3.63, 3.8) is 0 Å². The van der Waals surface area contributed by atoms with Crippen molar-refractivity contribution >= 4 is 0 Å². The first-order valence-electron chi connectivity index (χ1n) is 7.19. The molecule has 1 aromatic rings. The summed E-state index contributed by atoms with van der Waals surface area (Å²) >= 11 is 0. The summed E-state index contributed by atoms with van der Waals surface area (Å²) in [5.74, 6) is 1.74. The molecule has 3 nitrogen and oxygen atoms in total. The molecule has 3 unspecified atom stereocenters. The highest BCUT2D eigenvalue weighted by molar-refractivity contribution is 5.29. The van der Waals surface area contributed by atoms with Crippen LogP contribution in [0.15, 0.2) is 24.3 Å². The Morgan fingerprint density at radius 1 is 1.32 bits per heavy atom. The molecule has 1 N–H and O–H groups in total. The van der Waals surface area contributed by atoms with Crippen molar-refractivity contribution < 1.29 is 4.74 Å². The second-order valence-electron chi connectivity index (χ2n) is 5.76. The van der Waals surface area contributed by atoms with Crippen molar-refractivity contribution in [2.45, 2.75) is 32.4 Å². The van der Waals surface area contributed by atoms with Crippen molar-refractivity contribution in [3.05, 3.63) is 29.8 Å². The summed E-state index contributed by atoms with van der Waals surface area (Å²) in [7, 11) is 3.75. The summed E-state index contributed by atoms with van der Waals surface area (Å²) in [6.07, 6.45) is 1.32. The van der Waals surface area contributed by atoms with Gasteiger partial charge in [0.15, 0.2) is 0 Å². The van der Waals surface area contributed by atoms with Gasteiger partial charge in [-0.3, -0.25) is 4.90 Å². The van der Waals surface area contributed by atoms with Gasteiger partial charge in [-0.2, -0.15) is 0 Å². The Bertz CT molecular complexity index is 390. The molecule has 1 heterocycles. The van der Waals surface area contributed by atoms with Crippen LogP contribution >= 0.6 is 0 Å². The average molecular weight is 262 g/mol. The molecule has 1 saturated heterocycles. The lowest BCUT2D eigenvalue weighted by Gasteiger charge is -2.27. The number of methoxy groups -OCH3 is 1. The largest absolute Gasteiger partial charge is 0.497 e. The van der Waals surface area contributed by atoms with E-state index in [1.165, 1.54) is 18.5 Å². The van der Waals surface area contributed by atoms with Crippen molar-refractivity contribution in [2.24, 2.45) is 5.92 Å². The molecule has 1 aliphatic heterocycles. The zero-order valence-corrected chi connectivity index (χ0v) is 12.5. The highest BCUT2D eigenvalue weighted by atomic mass is 16.5. The van der Waals surface area contributed by atoms with Crippen LogP contribution in [0.5, 0.6) is 5.75 Å². The number of likely N-dealkylation sites (N-methyl/N-ethyl adjacent to an activating group) is 1. The molecule has 3 atom stereocenters. The molecule has 0 radical (unpaired) electrons. The minimum absolute atomic E-state index is 0.388. The Labute approximate surface area is 116 Å². The number of nitrogens with zero attached hydrogens (tertiary/aromatic N) is 1. The fraction of sp³-hybridized carbons (Fsp3) is 0.625. The summed E-state index contributed by atoms with van der Waals surface area (Å²) in [6, 6.07) is 9.47. The Balaban J connectivity index is 2.03. The predicted octanol–water partition coefficient (Wildman–Crippen LogP) is 2.69. The van der Waals surface area contributed by atoms with Crippen LogP contribution in [0.25, 0.3) is 0 Å². The van der Waals surface area contributed by atoms with Gasteiger partial charge in [0.25, 0.3) is 0 Å². The van der Waals surface area contributed by atoms with Crippen molar-refractivity contribution in [1.82, 2.24) is 10.2 Å². The molecule has 19 heavy (non-hydrogen) atoms. The third-order valence-corrected chi connectivity index (χ3v) is 4.20. The lowest BCUT2D eigenvalue weighted by atomic mass is 10.1. The number of likely N-dealkylation sites (tertiary alicyclic amines) is 1. The van der Waals surface area contributed by atoms with E-state index in [1.807, 2.05) is 19.2 Å². The fourth-order valence-electron chi connectivity index (χ4n) is 3.07. The number of rotatable bonds is 5.